The normalized spacial score (nSPS) is 14.8. The molecule has 1 unspecified atom stereocenters. The van der Waals surface area contributed by atoms with Crippen LogP contribution in [0.1, 0.15) is 37.0 Å². The quantitative estimate of drug-likeness (QED) is 0.801. The van der Waals surface area contributed by atoms with Crippen molar-refractivity contribution >= 4 is 0 Å². The molecular weight excluding hydrogens is 198 g/mol. The van der Waals surface area contributed by atoms with Crippen LogP contribution in [0.3, 0.4) is 0 Å². The molecule has 0 aliphatic carbocycles. The summed E-state index contributed by atoms with van der Waals surface area (Å²) in [5.41, 5.74) is 3.79. The highest BCUT2D eigenvalue weighted by Gasteiger charge is 2.20. The number of aryl methyl sites for hydroxylation is 2. The summed E-state index contributed by atoms with van der Waals surface area (Å²) in [6.07, 6.45) is 0.925. The van der Waals surface area contributed by atoms with Crippen molar-refractivity contribution in [2.45, 2.75) is 46.2 Å². The van der Waals surface area contributed by atoms with E-state index in [1.54, 1.807) is 0 Å². The van der Waals surface area contributed by atoms with Crippen LogP contribution in [-0.4, -0.2) is 17.3 Å². The molecule has 2 N–H and O–H groups in total. The van der Waals surface area contributed by atoms with Gasteiger partial charge >= 0.3 is 0 Å². The van der Waals surface area contributed by atoms with E-state index in [-0.39, 0.29) is 12.1 Å². The molecular formula is C14H23NO. The van der Waals surface area contributed by atoms with Crippen LogP contribution in [-0.2, 0) is 6.54 Å². The van der Waals surface area contributed by atoms with E-state index in [4.69, 9.17) is 0 Å². The molecule has 0 spiro atoms. The summed E-state index contributed by atoms with van der Waals surface area (Å²) in [5, 5.41) is 12.8. The van der Waals surface area contributed by atoms with E-state index in [9.17, 15) is 5.11 Å². The Balaban J connectivity index is 2.75. The van der Waals surface area contributed by atoms with Gasteiger partial charge in [-0.05, 0) is 43.9 Å². The fraction of sp³-hybridized carbons (Fsp3) is 0.571. The van der Waals surface area contributed by atoms with Gasteiger partial charge in [0, 0.05) is 12.1 Å². The van der Waals surface area contributed by atoms with E-state index < -0.39 is 0 Å². The van der Waals surface area contributed by atoms with Crippen LogP contribution in [0.2, 0.25) is 0 Å². The molecule has 2 heteroatoms. The predicted molar refractivity (Wildman–Crippen MR) is 68.5 cm³/mol. The zero-order valence-electron chi connectivity index (χ0n) is 10.8. The molecule has 1 aromatic carbocycles. The Hall–Kier alpha value is -0.860. The predicted octanol–water partition coefficient (Wildman–Crippen LogP) is 2.55. The van der Waals surface area contributed by atoms with Crippen molar-refractivity contribution in [2.24, 2.45) is 0 Å². The SMILES string of the molecule is CCC(C)(CO)NCc1c(C)cccc1C. The molecule has 0 radical (unpaired) electrons. The second-order valence-electron chi connectivity index (χ2n) is 4.80. The van der Waals surface area contributed by atoms with E-state index in [0.29, 0.717) is 0 Å². The lowest BCUT2D eigenvalue weighted by Crippen LogP contribution is -2.44. The first kappa shape index (κ1) is 13.2. The van der Waals surface area contributed by atoms with Gasteiger partial charge in [0.25, 0.3) is 0 Å². The monoisotopic (exact) mass is 221 g/mol. The topological polar surface area (TPSA) is 32.3 Å². The summed E-state index contributed by atoms with van der Waals surface area (Å²) in [7, 11) is 0. The number of hydrogen-bond acceptors (Lipinski definition) is 2. The third kappa shape index (κ3) is 3.06. The summed E-state index contributed by atoms with van der Waals surface area (Å²) < 4.78 is 0. The van der Waals surface area contributed by atoms with Gasteiger partial charge in [-0.2, -0.15) is 0 Å². The number of aliphatic hydroxyl groups excluding tert-OH is 1. The third-order valence-corrected chi connectivity index (χ3v) is 3.47. The Bertz CT molecular complexity index is 322. The van der Waals surface area contributed by atoms with Crippen LogP contribution in [0.25, 0.3) is 0 Å². The Morgan fingerprint density at radius 2 is 1.81 bits per heavy atom. The minimum Gasteiger partial charge on any atom is -0.394 e. The standard InChI is InChI=1S/C14H23NO/c1-5-14(4,10-16)15-9-13-11(2)7-6-8-12(13)3/h6-8,15-16H,5,9-10H2,1-4H3. The smallest absolute Gasteiger partial charge is 0.0610 e. The summed E-state index contributed by atoms with van der Waals surface area (Å²) in [6.45, 7) is 9.41. The number of benzene rings is 1. The Morgan fingerprint density at radius 3 is 2.25 bits per heavy atom. The minimum absolute atomic E-state index is 0.172. The lowest BCUT2D eigenvalue weighted by atomic mass is 9.97. The van der Waals surface area contributed by atoms with Crippen LogP contribution < -0.4 is 5.32 Å². The maximum Gasteiger partial charge on any atom is 0.0610 e. The Labute approximate surface area is 98.7 Å². The number of aliphatic hydroxyl groups is 1. The molecule has 1 rings (SSSR count). The van der Waals surface area contributed by atoms with Gasteiger partial charge in [-0.15, -0.1) is 0 Å². The molecule has 0 aromatic heterocycles. The van der Waals surface area contributed by atoms with Gasteiger partial charge in [0.1, 0.15) is 0 Å². The molecule has 0 saturated carbocycles. The summed E-state index contributed by atoms with van der Waals surface area (Å²) in [5.74, 6) is 0. The van der Waals surface area contributed by atoms with Gasteiger partial charge in [0.05, 0.1) is 6.61 Å². The highest BCUT2D eigenvalue weighted by Crippen LogP contribution is 2.15. The molecule has 2 nitrogen and oxygen atoms in total. The van der Waals surface area contributed by atoms with E-state index >= 15 is 0 Å². The van der Waals surface area contributed by atoms with Gasteiger partial charge in [-0.3, -0.25) is 0 Å². The van der Waals surface area contributed by atoms with Gasteiger partial charge in [-0.1, -0.05) is 25.1 Å². The van der Waals surface area contributed by atoms with Crippen molar-refractivity contribution in [3.8, 4) is 0 Å². The first-order chi connectivity index (χ1) is 7.52. The minimum atomic E-state index is -0.172. The zero-order valence-corrected chi connectivity index (χ0v) is 10.8. The van der Waals surface area contributed by atoms with Gasteiger partial charge in [0.2, 0.25) is 0 Å². The van der Waals surface area contributed by atoms with Crippen LogP contribution in [0.4, 0.5) is 0 Å². The lowest BCUT2D eigenvalue weighted by molar-refractivity contribution is 0.169. The fourth-order valence-corrected chi connectivity index (χ4v) is 1.72. The molecule has 90 valence electrons. The Morgan fingerprint density at radius 1 is 1.25 bits per heavy atom. The molecule has 0 amide bonds. The Kier molecular flexibility index (Phi) is 4.51. The number of hydrogen-bond donors (Lipinski definition) is 2. The maximum absolute atomic E-state index is 9.34. The van der Waals surface area contributed by atoms with Crippen LogP contribution in [0, 0.1) is 13.8 Å². The molecule has 0 heterocycles. The number of rotatable bonds is 5. The van der Waals surface area contributed by atoms with E-state index in [1.807, 2.05) is 0 Å². The molecule has 0 aliphatic rings. The zero-order chi connectivity index (χ0) is 12.2. The van der Waals surface area contributed by atoms with E-state index in [1.165, 1.54) is 16.7 Å². The van der Waals surface area contributed by atoms with Crippen molar-refractivity contribution in [3.05, 3.63) is 34.9 Å². The molecule has 1 atom stereocenters. The summed E-state index contributed by atoms with van der Waals surface area (Å²) >= 11 is 0. The van der Waals surface area contributed by atoms with Crippen LogP contribution in [0.15, 0.2) is 18.2 Å². The number of nitrogens with one attached hydrogen (secondary N) is 1. The van der Waals surface area contributed by atoms with Gasteiger partial charge in [0.15, 0.2) is 0 Å². The van der Waals surface area contributed by atoms with Crippen molar-refractivity contribution in [1.82, 2.24) is 5.32 Å². The molecule has 0 aliphatic heterocycles. The average Bonchev–Trinajstić information content (AvgIpc) is 2.28. The van der Waals surface area contributed by atoms with Crippen molar-refractivity contribution in [2.75, 3.05) is 6.61 Å². The van der Waals surface area contributed by atoms with Crippen LogP contribution in [0.5, 0.6) is 0 Å². The van der Waals surface area contributed by atoms with Crippen LogP contribution >= 0.6 is 0 Å². The molecule has 0 saturated heterocycles. The van der Waals surface area contributed by atoms with Crippen molar-refractivity contribution in [1.29, 1.82) is 0 Å². The third-order valence-electron chi connectivity index (χ3n) is 3.47. The largest absolute Gasteiger partial charge is 0.394 e. The van der Waals surface area contributed by atoms with E-state index in [0.717, 1.165) is 13.0 Å². The van der Waals surface area contributed by atoms with E-state index in [2.05, 4.69) is 51.2 Å². The second-order valence-corrected chi connectivity index (χ2v) is 4.80. The second kappa shape index (κ2) is 5.46. The molecule has 0 bridgehead atoms. The molecule has 0 fully saturated rings. The highest BCUT2D eigenvalue weighted by atomic mass is 16.3. The lowest BCUT2D eigenvalue weighted by Gasteiger charge is -2.28. The van der Waals surface area contributed by atoms with Crippen molar-refractivity contribution in [3.63, 3.8) is 0 Å². The fourth-order valence-electron chi connectivity index (χ4n) is 1.72. The first-order valence-corrected chi connectivity index (χ1v) is 5.93. The summed E-state index contributed by atoms with van der Waals surface area (Å²) in [6, 6.07) is 6.34. The molecule has 1 aromatic rings. The van der Waals surface area contributed by atoms with Gasteiger partial charge < -0.3 is 10.4 Å². The average molecular weight is 221 g/mol. The summed E-state index contributed by atoms with van der Waals surface area (Å²) in [4.78, 5) is 0. The van der Waals surface area contributed by atoms with Crippen molar-refractivity contribution < 1.29 is 5.11 Å². The highest BCUT2D eigenvalue weighted by molar-refractivity contribution is 5.33. The first-order valence-electron chi connectivity index (χ1n) is 5.93. The molecule has 16 heavy (non-hydrogen) atoms. The maximum atomic E-state index is 9.34. The van der Waals surface area contributed by atoms with Gasteiger partial charge in [-0.25, -0.2) is 0 Å².